The van der Waals surface area contributed by atoms with E-state index in [0.29, 0.717) is 10.6 Å². The molecule has 0 aliphatic carbocycles. The lowest BCUT2D eigenvalue weighted by molar-refractivity contribution is 0.163. The second kappa shape index (κ2) is 10.7. The number of hydrogen-bond acceptors (Lipinski definition) is 2. The van der Waals surface area contributed by atoms with Crippen molar-refractivity contribution in [2.75, 3.05) is 26.2 Å². The maximum atomic E-state index is 14.4. The standard InChI is InChI=1S/C15H19Cl2FN2.2ClH/c1-2-3-4-13(20-9-7-19-8-10-20)14-11(16)5-6-12(17)15(14)18;;/h2,5-6,13,19H,1,3-4,7-10H2;2*1H/t13-;;/m1../s1. The van der Waals surface area contributed by atoms with E-state index >= 15 is 0 Å². The molecule has 126 valence electrons. The number of nitrogens with zero attached hydrogens (tertiary/aromatic N) is 1. The van der Waals surface area contributed by atoms with E-state index in [2.05, 4.69) is 16.8 Å². The van der Waals surface area contributed by atoms with E-state index in [1.165, 1.54) is 6.07 Å². The first-order valence-corrected chi connectivity index (χ1v) is 7.59. The van der Waals surface area contributed by atoms with Crippen molar-refractivity contribution in [1.29, 1.82) is 0 Å². The topological polar surface area (TPSA) is 15.3 Å². The minimum Gasteiger partial charge on any atom is -0.314 e. The second-order valence-electron chi connectivity index (χ2n) is 4.92. The molecule has 0 aromatic heterocycles. The number of allylic oxidation sites excluding steroid dienone is 1. The number of halogens is 5. The molecule has 7 heteroatoms. The summed E-state index contributed by atoms with van der Waals surface area (Å²) in [5.41, 5.74) is 0.517. The first kappa shape index (κ1) is 22.0. The summed E-state index contributed by atoms with van der Waals surface area (Å²) in [5.74, 6) is -0.397. The molecule has 0 radical (unpaired) electrons. The summed E-state index contributed by atoms with van der Waals surface area (Å²) < 4.78 is 14.4. The first-order valence-electron chi connectivity index (χ1n) is 6.84. The van der Waals surface area contributed by atoms with Gasteiger partial charge in [0, 0.05) is 42.8 Å². The Bertz CT molecular complexity index is 479. The van der Waals surface area contributed by atoms with Crippen LogP contribution in [0.1, 0.15) is 24.4 Å². The first-order chi connectivity index (χ1) is 9.65. The van der Waals surface area contributed by atoms with Crippen LogP contribution in [0.25, 0.3) is 0 Å². The Morgan fingerprint density at radius 3 is 2.41 bits per heavy atom. The van der Waals surface area contributed by atoms with Gasteiger partial charge in [-0.1, -0.05) is 29.3 Å². The zero-order chi connectivity index (χ0) is 14.5. The lowest BCUT2D eigenvalue weighted by Crippen LogP contribution is -2.45. The highest BCUT2D eigenvalue weighted by Crippen LogP contribution is 2.36. The largest absolute Gasteiger partial charge is 0.314 e. The van der Waals surface area contributed by atoms with Gasteiger partial charge in [0.1, 0.15) is 5.82 Å². The molecule has 1 saturated heterocycles. The average Bonchev–Trinajstić information content (AvgIpc) is 2.47. The number of benzene rings is 1. The summed E-state index contributed by atoms with van der Waals surface area (Å²) in [6.45, 7) is 7.32. The van der Waals surface area contributed by atoms with Gasteiger partial charge >= 0.3 is 0 Å². The summed E-state index contributed by atoms with van der Waals surface area (Å²) in [4.78, 5) is 2.26. The van der Waals surface area contributed by atoms with Crippen LogP contribution in [-0.4, -0.2) is 31.1 Å². The Labute approximate surface area is 153 Å². The van der Waals surface area contributed by atoms with Crippen molar-refractivity contribution in [3.05, 3.63) is 46.2 Å². The minimum absolute atomic E-state index is 0. The van der Waals surface area contributed by atoms with Crippen LogP contribution < -0.4 is 5.32 Å². The fourth-order valence-electron chi connectivity index (χ4n) is 2.63. The number of hydrogen-bond donors (Lipinski definition) is 1. The van der Waals surface area contributed by atoms with Crippen LogP contribution in [0, 0.1) is 5.82 Å². The fourth-order valence-corrected chi connectivity index (χ4v) is 3.06. The molecule has 2 rings (SSSR count). The van der Waals surface area contributed by atoms with Gasteiger partial charge < -0.3 is 5.32 Å². The molecule has 1 aromatic rings. The molecule has 0 saturated carbocycles. The lowest BCUT2D eigenvalue weighted by atomic mass is 9.98. The molecule has 2 nitrogen and oxygen atoms in total. The molecule has 0 spiro atoms. The van der Waals surface area contributed by atoms with E-state index in [0.717, 1.165) is 39.0 Å². The van der Waals surface area contributed by atoms with Gasteiger partial charge in [0.05, 0.1) is 5.02 Å². The maximum Gasteiger partial charge on any atom is 0.148 e. The molecule has 0 unspecified atom stereocenters. The van der Waals surface area contributed by atoms with Gasteiger partial charge in [-0.05, 0) is 25.0 Å². The summed E-state index contributed by atoms with van der Waals surface area (Å²) in [5, 5.41) is 3.88. The predicted molar refractivity (Wildman–Crippen MR) is 97.5 cm³/mol. The van der Waals surface area contributed by atoms with Crippen molar-refractivity contribution in [2.45, 2.75) is 18.9 Å². The lowest BCUT2D eigenvalue weighted by Gasteiger charge is -2.35. The zero-order valence-corrected chi connectivity index (χ0v) is 15.3. The Balaban J connectivity index is 0.00000220. The van der Waals surface area contributed by atoms with Crippen LogP contribution in [0.3, 0.4) is 0 Å². The summed E-state index contributed by atoms with van der Waals surface area (Å²) in [6.07, 6.45) is 3.46. The summed E-state index contributed by atoms with van der Waals surface area (Å²) >= 11 is 12.1. The molecule has 1 aliphatic rings. The quantitative estimate of drug-likeness (QED) is 0.569. The molecule has 1 heterocycles. The SMILES string of the molecule is C=CCC[C@H](c1c(Cl)ccc(Cl)c1F)N1CCNCC1.Cl.Cl. The molecule has 1 atom stereocenters. The van der Waals surface area contributed by atoms with Crippen molar-refractivity contribution >= 4 is 48.0 Å². The van der Waals surface area contributed by atoms with E-state index in [1.807, 2.05) is 6.08 Å². The van der Waals surface area contributed by atoms with Crippen LogP contribution in [-0.2, 0) is 0 Å². The zero-order valence-electron chi connectivity index (χ0n) is 12.2. The highest BCUT2D eigenvalue weighted by atomic mass is 35.5. The Kier molecular flexibility index (Phi) is 10.7. The van der Waals surface area contributed by atoms with Crippen LogP contribution in [0.5, 0.6) is 0 Å². The van der Waals surface area contributed by atoms with Gasteiger partial charge in [0.2, 0.25) is 0 Å². The van der Waals surface area contributed by atoms with Crippen LogP contribution in [0.4, 0.5) is 4.39 Å². The third-order valence-electron chi connectivity index (χ3n) is 3.65. The number of piperazine rings is 1. The van der Waals surface area contributed by atoms with E-state index < -0.39 is 5.82 Å². The summed E-state index contributed by atoms with van der Waals surface area (Å²) in [6, 6.07) is 3.12. The minimum atomic E-state index is -0.397. The van der Waals surface area contributed by atoms with Gasteiger partial charge in [0.15, 0.2) is 0 Å². The van der Waals surface area contributed by atoms with Crippen molar-refractivity contribution < 1.29 is 4.39 Å². The summed E-state index contributed by atoms with van der Waals surface area (Å²) in [7, 11) is 0. The molecule has 1 N–H and O–H groups in total. The van der Waals surface area contributed by atoms with Gasteiger partial charge in [-0.25, -0.2) is 4.39 Å². The molecule has 1 fully saturated rings. The predicted octanol–water partition coefficient (Wildman–Crippen LogP) is 4.89. The smallest absolute Gasteiger partial charge is 0.148 e. The number of rotatable bonds is 5. The van der Waals surface area contributed by atoms with Gasteiger partial charge in [-0.2, -0.15) is 0 Å². The average molecular weight is 390 g/mol. The molecule has 1 aromatic carbocycles. The molecule has 22 heavy (non-hydrogen) atoms. The molecular formula is C15H21Cl4FN2. The van der Waals surface area contributed by atoms with E-state index in [1.54, 1.807) is 6.07 Å². The number of nitrogens with one attached hydrogen (secondary N) is 1. The fraction of sp³-hybridized carbons (Fsp3) is 0.467. The van der Waals surface area contributed by atoms with Crippen molar-refractivity contribution in [1.82, 2.24) is 10.2 Å². The van der Waals surface area contributed by atoms with E-state index in [9.17, 15) is 4.39 Å². The molecule has 0 amide bonds. The Hall–Kier alpha value is -0.0300. The van der Waals surface area contributed by atoms with E-state index in [-0.39, 0.29) is 35.9 Å². The maximum absolute atomic E-state index is 14.4. The van der Waals surface area contributed by atoms with Crippen LogP contribution in [0.15, 0.2) is 24.8 Å². The Morgan fingerprint density at radius 1 is 1.23 bits per heavy atom. The van der Waals surface area contributed by atoms with Crippen LogP contribution >= 0.6 is 48.0 Å². The molecule has 1 aliphatic heterocycles. The van der Waals surface area contributed by atoms with Gasteiger partial charge in [-0.3, -0.25) is 4.90 Å². The van der Waals surface area contributed by atoms with Crippen LogP contribution in [0.2, 0.25) is 10.0 Å². The third-order valence-corrected chi connectivity index (χ3v) is 4.27. The monoisotopic (exact) mass is 388 g/mol. The van der Waals surface area contributed by atoms with Gasteiger partial charge in [-0.15, -0.1) is 31.4 Å². The van der Waals surface area contributed by atoms with Crippen molar-refractivity contribution in [3.8, 4) is 0 Å². The highest BCUT2D eigenvalue weighted by molar-refractivity contribution is 6.33. The van der Waals surface area contributed by atoms with Crippen molar-refractivity contribution in [3.63, 3.8) is 0 Å². The molecule has 0 bridgehead atoms. The van der Waals surface area contributed by atoms with Crippen molar-refractivity contribution in [2.24, 2.45) is 0 Å². The molecular weight excluding hydrogens is 369 g/mol. The van der Waals surface area contributed by atoms with E-state index in [4.69, 9.17) is 23.2 Å². The third kappa shape index (κ3) is 5.26. The normalized spacial score (nSPS) is 16.3. The second-order valence-corrected chi connectivity index (χ2v) is 5.74. The Morgan fingerprint density at radius 2 is 1.82 bits per heavy atom. The van der Waals surface area contributed by atoms with Gasteiger partial charge in [0.25, 0.3) is 0 Å². The highest BCUT2D eigenvalue weighted by Gasteiger charge is 2.27.